The number of rotatable bonds is 2. The molecule has 0 bridgehead atoms. The van der Waals surface area contributed by atoms with Gasteiger partial charge in [-0.2, -0.15) is 15.8 Å². The molecule has 0 unspecified atom stereocenters. The number of fused-ring (bicyclic) bond motifs is 1. The van der Waals surface area contributed by atoms with E-state index in [0.717, 1.165) is 5.39 Å². The van der Waals surface area contributed by atoms with Crippen molar-refractivity contribution in [2.24, 2.45) is 0 Å². The second kappa shape index (κ2) is 5.44. The van der Waals surface area contributed by atoms with Crippen LogP contribution in [0.15, 0.2) is 47.7 Å². The van der Waals surface area contributed by atoms with Crippen molar-refractivity contribution in [2.45, 2.75) is 0 Å². The normalized spacial score (nSPS) is 9.05. The summed E-state index contributed by atoms with van der Waals surface area (Å²) in [6.07, 6.45) is 0. The lowest BCUT2D eigenvalue weighted by atomic mass is 10.1. The smallest absolute Gasteiger partial charge is 0.163 e. The first kappa shape index (κ1) is 13.0. The summed E-state index contributed by atoms with van der Waals surface area (Å²) < 4.78 is 0. The van der Waals surface area contributed by atoms with Crippen molar-refractivity contribution in [1.82, 2.24) is 0 Å². The standard InChI is InChI=1S/C15H8N4O/c16-7-11(8-17)13(9-18)19-15-12-4-2-1-3-10(12)5-6-14(15)20/h1-6,19-20H. The van der Waals surface area contributed by atoms with Gasteiger partial charge in [-0.1, -0.05) is 30.3 Å². The fraction of sp³-hybridized carbons (Fsp3) is 0. The van der Waals surface area contributed by atoms with Gasteiger partial charge in [0.1, 0.15) is 29.7 Å². The minimum atomic E-state index is -0.333. The van der Waals surface area contributed by atoms with Crippen LogP contribution in [0.4, 0.5) is 5.69 Å². The highest BCUT2D eigenvalue weighted by molar-refractivity contribution is 5.97. The lowest BCUT2D eigenvalue weighted by molar-refractivity contribution is 0.478. The Hall–Kier alpha value is -3.49. The predicted octanol–water partition coefficient (Wildman–Crippen LogP) is 2.78. The first-order chi connectivity index (χ1) is 9.71. The van der Waals surface area contributed by atoms with Crippen molar-refractivity contribution >= 4 is 16.5 Å². The molecule has 0 aliphatic carbocycles. The van der Waals surface area contributed by atoms with Crippen LogP contribution in [0.3, 0.4) is 0 Å². The molecule has 2 aromatic carbocycles. The molecule has 0 amide bonds. The number of nitrogens with one attached hydrogen (secondary N) is 1. The summed E-state index contributed by atoms with van der Waals surface area (Å²) in [6, 6.07) is 15.5. The third kappa shape index (κ3) is 2.22. The Labute approximate surface area is 115 Å². The maximum Gasteiger partial charge on any atom is 0.163 e. The van der Waals surface area contributed by atoms with Gasteiger partial charge >= 0.3 is 0 Å². The summed E-state index contributed by atoms with van der Waals surface area (Å²) in [5, 5.41) is 40.8. The van der Waals surface area contributed by atoms with E-state index >= 15 is 0 Å². The zero-order valence-electron chi connectivity index (χ0n) is 10.3. The minimum absolute atomic E-state index is 0.0633. The fourth-order valence-electron chi connectivity index (χ4n) is 1.80. The molecule has 20 heavy (non-hydrogen) atoms. The molecule has 5 nitrogen and oxygen atoms in total. The quantitative estimate of drug-likeness (QED) is 0.638. The number of phenols is 1. The lowest BCUT2D eigenvalue weighted by Crippen LogP contribution is -2.01. The average Bonchev–Trinajstić information content (AvgIpc) is 2.49. The number of phenolic OH excluding ortho intramolecular Hbond substituents is 1. The molecule has 94 valence electrons. The maximum absolute atomic E-state index is 9.92. The summed E-state index contributed by atoms with van der Waals surface area (Å²) >= 11 is 0. The van der Waals surface area contributed by atoms with Crippen molar-refractivity contribution in [3.8, 4) is 24.0 Å². The number of aromatic hydroxyl groups is 1. The lowest BCUT2D eigenvalue weighted by Gasteiger charge is -2.10. The van der Waals surface area contributed by atoms with E-state index in [2.05, 4.69) is 5.32 Å². The topological polar surface area (TPSA) is 104 Å². The highest BCUT2D eigenvalue weighted by Crippen LogP contribution is 2.33. The van der Waals surface area contributed by atoms with Gasteiger partial charge in [0.05, 0.1) is 5.69 Å². The minimum Gasteiger partial charge on any atom is -0.506 e. The largest absolute Gasteiger partial charge is 0.506 e. The fourth-order valence-corrected chi connectivity index (χ4v) is 1.80. The Morgan fingerprint density at radius 1 is 0.950 bits per heavy atom. The zero-order valence-corrected chi connectivity index (χ0v) is 10.3. The molecule has 0 atom stereocenters. The number of anilines is 1. The van der Waals surface area contributed by atoms with Crippen LogP contribution in [0, 0.1) is 34.0 Å². The Kier molecular flexibility index (Phi) is 3.52. The molecule has 0 aliphatic heterocycles. The molecule has 0 heterocycles. The second-order valence-electron chi connectivity index (χ2n) is 3.89. The van der Waals surface area contributed by atoms with Gasteiger partial charge in [0, 0.05) is 5.39 Å². The molecule has 0 aromatic heterocycles. The van der Waals surface area contributed by atoms with Crippen molar-refractivity contribution in [3.05, 3.63) is 47.7 Å². The molecular formula is C15H8N4O. The first-order valence-corrected chi connectivity index (χ1v) is 5.63. The average molecular weight is 260 g/mol. The third-order valence-corrected chi connectivity index (χ3v) is 2.74. The molecule has 0 fully saturated rings. The van der Waals surface area contributed by atoms with E-state index in [0.29, 0.717) is 11.1 Å². The number of benzene rings is 2. The molecule has 0 saturated heterocycles. The van der Waals surface area contributed by atoms with E-state index in [9.17, 15) is 5.11 Å². The van der Waals surface area contributed by atoms with E-state index < -0.39 is 0 Å². The van der Waals surface area contributed by atoms with Crippen molar-refractivity contribution in [3.63, 3.8) is 0 Å². The van der Waals surface area contributed by atoms with Crippen LogP contribution in [0.25, 0.3) is 10.8 Å². The van der Waals surface area contributed by atoms with Gasteiger partial charge in [-0.15, -0.1) is 0 Å². The Bertz CT molecular complexity index is 816. The predicted molar refractivity (Wildman–Crippen MR) is 73.1 cm³/mol. The highest BCUT2D eigenvalue weighted by atomic mass is 16.3. The van der Waals surface area contributed by atoms with E-state index in [4.69, 9.17) is 15.8 Å². The molecule has 0 spiro atoms. The van der Waals surface area contributed by atoms with Gasteiger partial charge in [0.15, 0.2) is 5.57 Å². The van der Waals surface area contributed by atoms with E-state index in [1.165, 1.54) is 6.07 Å². The molecule has 2 rings (SSSR count). The van der Waals surface area contributed by atoms with E-state index in [1.807, 2.05) is 12.1 Å². The number of nitrogens with zero attached hydrogens (tertiary/aromatic N) is 3. The molecule has 0 radical (unpaired) electrons. The Balaban J connectivity index is 2.64. The van der Waals surface area contributed by atoms with E-state index in [-0.39, 0.29) is 17.0 Å². The molecule has 2 N–H and O–H groups in total. The number of nitriles is 3. The van der Waals surface area contributed by atoms with Crippen LogP contribution >= 0.6 is 0 Å². The Morgan fingerprint density at radius 3 is 2.30 bits per heavy atom. The Morgan fingerprint density at radius 2 is 1.65 bits per heavy atom. The van der Waals surface area contributed by atoms with Crippen LogP contribution in [-0.2, 0) is 0 Å². The molecule has 2 aromatic rings. The van der Waals surface area contributed by atoms with Crippen LogP contribution < -0.4 is 5.32 Å². The maximum atomic E-state index is 9.92. The highest BCUT2D eigenvalue weighted by Gasteiger charge is 2.11. The summed E-state index contributed by atoms with van der Waals surface area (Å²) in [5.41, 5.74) is -0.232. The summed E-state index contributed by atoms with van der Waals surface area (Å²) in [7, 11) is 0. The van der Waals surface area contributed by atoms with E-state index in [1.54, 1.807) is 36.4 Å². The number of hydrogen-bond donors (Lipinski definition) is 2. The van der Waals surface area contributed by atoms with Crippen LogP contribution in [0.2, 0.25) is 0 Å². The van der Waals surface area contributed by atoms with Crippen LogP contribution in [0.5, 0.6) is 5.75 Å². The van der Waals surface area contributed by atoms with Gasteiger partial charge in [0.2, 0.25) is 0 Å². The number of allylic oxidation sites excluding steroid dienone is 2. The summed E-state index contributed by atoms with van der Waals surface area (Å²) in [4.78, 5) is 0. The van der Waals surface area contributed by atoms with Gasteiger partial charge in [-0.05, 0) is 11.5 Å². The second-order valence-corrected chi connectivity index (χ2v) is 3.89. The molecule has 0 saturated carbocycles. The van der Waals surface area contributed by atoms with Crippen molar-refractivity contribution in [1.29, 1.82) is 15.8 Å². The van der Waals surface area contributed by atoms with Crippen molar-refractivity contribution in [2.75, 3.05) is 5.32 Å². The summed E-state index contributed by atoms with van der Waals surface area (Å²) in [5.74, 6) is -0.0633. The van der Waals surface area contributed by atoms with Gasteiger partial charge in [-0.25, -0.2) is 0 Å². The monoisotopic (exact) mass is 260 g/mol. The van der Waals surface area contributed by atoms with Gasteiger partial charge < -0.3 is 10.4 Å². The zero-order chi connectivity index (χ0) is 14.5. The third-order valence-electron chi connectivity index (χ3n) is 2.74. The van der Waals surface area contributed by atoms with Gasteiger partial charge in [-0.3, -0.25) is 0 Å². The molecular weight excluding hydrogens is 252 g/mol. The SMILES string of the molecule is N#CC(C#N)=C(C#N)Nc1c(O)ccc2ccccc12. The molecule has 0 aliphatic rings. The van der Waals surface area contributed by atoms with Crippen LogP contribution in [-0.4, -0.2) is 5.11 Å². The summed E-state index contributed by atoms with van der Waals surface area (Å²) in [6.45, 7) is 0. The molecule has 5 heteroatoms. The number of hydrogen-bond acceptors (Lipinski definition) is 5. The van der Waals surface area contributed by atoms with Crippen LogP contribution in [0.1, 0.15) is 0 Å². The van der Waals surface area contributed by atoms with Crippen molar-refractivity contribution < 1.29 is 5.11 Å². The van der Waals surface area contributed by atoms with Gasteiger partial charge in [0.25, 0.3) is 0 Å². The first-order valence-electron chi connectivity index (χ1n) is 5.63.